The van der Waals surface area contributed by atoms with Crippen LogP contribution in [0.25, 0.3) is 0 Å². The summed E-state index contributed by atoms with van der Waals surface area (Å²) in [7, 11) is 0. The maximum atomic E-state index is 12.8. The summed E-state index contributed by atoms with van der Waals surface area (Å²) in [5.41, 5.74) is 3.25. The van der Waals surface area contributed by atoms with E-state index in [1.165, 1.54) is 5.56 Å². The molecule has 0 fully saturated rings. The number of fused-ring (bicyclic) bond motifs is 1. The Hall–Kier alpha value is -2.62. The predicted octanol–water partition coefficient (Wildman–Crippen LogP) is 3.42. The van der Waals surface area contributed by atoms with Crippen LogP contribution in [-0.4, -0.2) is 24.9 Å². The monoisotopic (exact) mass is 322 g/mol. The normalized spacial score (nSPS) is 12.8. The first-order valence-electron chi connectivity index (χ1n) is 8.48. The highest BCUT2D eigenvalue weighted by molar-refractivity contribution is 6.08. The first kappa shape index (κ1) is 16.2. The molecular formula is C20H22N2O2. The molecule has 1 N–H and O–H groups in total. The molecule has 2 aromatic carbocycles. The first-order chi connectivity index (χ1) is 11.7. The van der Waals surface area contributed by atoms with Crippen molar-refractivity contribution in [2.24, 2.45) is 0 Å². The zero-order valence-electron chi connectivity index (χ0n) is 13.9. The van der Waals surface area contributed by atoms with Crippen molar-refractivity contribution < 1.29 is 9.59 Å². The number of unbranched alkanes of at least 4 members (excludes halogenated alkanes) is 1. The number of carbonyl (C=O) groups is 2. The molecule has 2 aromatic rings. The summed E-state index contributed by atoms with van der Waals surface area (Å²) >= 11 is 0. The molecule has 3 rings (SSSR count). The molecule has 0 atom stereocenters. The van der Waals surface area contributed by atoms with Gasteiger partial charge in [0.05, 0.1) is 0 Å². The molecule has 2 amide bonds. The fourth-order valence-electron chi connectivity index (χ4n) is 2.98. The van der Waals surface area contributed by atoms with Crippen molar-refractivity contribution >= 4 is 17.5 Å². The Morgan fingerprint density at radius 1 is 1.08 bits per heavy atom. The molecule has 0 aliphatic carbocycles. The Morgan fingerprint density at radius 2 is 1.88 bits per heavy atom. The quantitative estimate of drug-likeness (QED) is 0.858. The minimum atomic E-state index is -0.125. The van der Waals surface area contributed by atoms with E-state index >= 15 is 0 Å². The third-order valence-electron chi connectivity index (χ3n) is 4.32. The second-order valence-electron chi connectivity index (χ2n) is 6.03. The Balaban J connectivity index is 1.77. The third kappa shape index (κ3) is 3.32. The van der Waals surface area contributed by atoms with Crippen LogP contribution in [0.1, 0.15) is 46.0 Å². The minimum Gasteiger partial charge on any atom is -0.352 e. The molecule has 0 unspecified atom stereocenters. The number of nitrogens with one attached hydrogen (secondary N) is 1. The second-order valence-corrected chi connectivity index (χ2v) is 6.03. The van der Waals surface area contributed by atoms with Crippen LogP contribution in [0.4, 0.5) is 5.69 Å². The molecular weight excluding hydrogens is 300 g/mol. The highest BCUT2D eigenvalue weighted by atomic mass is 16.2. The molecule has 0 saturated heterocycles. The molecule has 124 valence electrons. The van der Waals surface area contributed by atoms with Gasteiger partial charge in [-0.25, -0.2) is 0 Å². The molecule has 1 aliphatic heterocycles. The summed E-state index contributed by atoms with van der Waals surface area (Å²) in [5.74, 6) is -0.178. The van der Waals surface area contributed by atoms with Crippen molar-refractivity contribution in [3.05, 3.63) is 65.2 Å². The van der Waals surface area contributed by atoms with Crippen LogP contribution in [0.5, 0.6) is 0 Å². The van der Waals surface area contributed by atoms with Crippen LogP contribution in [0.2, 0.25) is 0 Å². The minimum absolute atomic E-state index is 0.0526. The number of hydrogen-bond acceptors (Lipinski definition) is 2. The summed E-state index contributed by atoms with van der Waals surface area (Å²) in [6.07, 6.45) is 2.86. The number of hydrogen-bond donors (Lipinski definition) is 1. The molecule has 1 heterocycles. The van der Waals surface area contributed by atoms with Crippen LogP contribution >= 0.6 is 0 Å². The average molecular weight is 322 g/mol. The number of amides is 2. The molecule has 24 heavy (non-hydrogen) atoms. The van der Waals surface area contributed by atoms with Gasteiger partial charge >= 0.3 is 0 Å². The summed E-state index contributed by atoms with van der Waals surface area (Å²) in [4.78, 5) is 26.8. The van der Waals surface area contributed by atoms with Crippen molar-refractivity contribution in [3.8, 4) is 0 Å². The lowest BCUT2D eigenvalue weighted by Crippen LogP contribution is -2.29. The molecule has 1 aliphatic rings. The summed E-state index contributed by atoms with van der Waals surface area (Å²) in [6.45, 7) is 3.43. The van der Waals surface area contributed by atoms with Gasteiger partial charge in [0.15, 0.2) is 0 Å². The van der Waals surface area contributed by atoms with Crippen molar-refractivity contribution in [1.82, 2.24) is 5.32 Å². The zero-order valence-corrected chi connectivity index (χ0v) is 13.9. The van der Waals surface area contributed by atoms with Crippen molar-refractivity contribution in [2.45, 2.75) is 26.2 Å². The molecule has 0 radical (unpaired) electrons. The van der Waals surface area contributed by atoms with Crippen LogP contribution in [0.15, 0.2) is 48.5 Å². The van der Waals surface area contributed by atoms with Gasteiger partial charge in [0.25, 0.3) is 11.8 Å². The molecule has 0 spiro atoms. The van der Waals surface area contributed by atoms with Crippen LogP contribution in [-0.2, 0) is 6.42 Å². The molecule has 4 nitrogen and oxygen atoms in total. The van der Waals surface area contributed by atoms with Gasteiger partial charge in [-0.1, -0.05) is 37.6 Å². The third-order valence-corrected chi connectivity index (χ3v) is 4.32. The standard InChI is InChI=1S/C20H22N2O2/c1-2-3-12-21-19(23)16-8-6-9-17(14-16)20(24)22-13-11-15-7-4-5-10-18(15)22/h4-10,14H,2-3,11-13H2,1H3,(H,21,23). The van der Waals surface area contributed by atoms with Crippen LogP contribution < -0.4 is 10.2 Å². The number of para-hydroxylation sites is 1. The first-order valence-corrected chi connectivity index (χ1v) is 8.48. The number of nitrogens with zero attached hydrogens (tertiary/aromatic N) is 1. The predicted molar refractivity (Wildman–Crippen MR) is 95.5 cm³/mol. The molecule has 4 heteroatoms. The number of rotatable bonds is 5. The average Bonchev–Trinajstić information content (AvgIpc) is 3.05. The fraction of sp³-hybridized carbons (Fsp3) is 0.300. The van der Waals surface area contributed by atoms with E-state index in [-0.39, 0.29) is 11.8 Å². The lowest BCUT2D eigenvalue weighted by Gasteiger charge is -2.17. The van der Waals surface area contributed by atoms with Gasteiger partial charge in [-0.05, 0) is 42.7 Å². The largest absolute Gasteiger partial charge is 0.352 e. The second kappa shape index (κ2) is 7.30. The Bertz CT molecular complexity index is 755. The maximum absolute atomic E-state index is 12.8. The van der Waals surface area contributed by atoms with Gasteiger partial charge in [0.1, 0.15) is 0 Å². The zero-order chi connectivity index (χ0) is 16.9. The van der Waals surface area contributed by atoms with Gasteiger partial charge in [-0.15, -0.1) is 0 Å². The van der Waals surface area contributed by atoms with Gasteiger partial charge in [0.2, 0.25) is 0 Å². The van der Waals surface area contributed by atoms with E-state index in [9.17, 15) is 9.59 Å². The number of anilines is 1. The van der Waals surface area contributed by atoms with Gasteiger partial charge in [-0.3, -0.25) is 9.59 Å². The number of benzene rings is 2. The van der Waals surface area contributed by atoms with Gasteiger partial charge in [-0.2, -0.15) is 0 Å². The van der Waals surface area contributed by atoms with E-state index in [0.29, 0.717) is 24.2 Å². The highest BCUT2D eigenvalue weighted by Crippen LogP contribution is 2.28. The van der Waals surface area contributed by atoms with Crippen molar-refractivity contribution in [3.63, 3.8) is 0 Å². The lowest BCUT2D eigenvalue weighted by atomic mass is 10.1. The van der Waals surface area contributed by atoms with E-state index in [1.807, 2.05) is 18.2 Å². The maximum Gasteiger partial charge on any atom is 0.258 e. The summed E-state index contributed by atoms with van der Waals surface area (Å²) < 4.78 is 0. The van der Waals surface area contributed by atoms with E-state index in [2.05, 4.69) is 18.3 Å². The van der Waals surface area contributed by atoms with E-state index in [1.54, 1.807) is 29.2 Å². The van der Waals surface area contributed by atoms with Crippen molar-refractivity contribution in [1.29, 1.82) is 0 Å². The smallest absolute Gasteiger partial charge is 0.258 e. The van der Waals surface area contributed by atoms with E-state index in [4.69, 9.17) is 0 Å². The van der Waals surface area contributed by atoms with Crippen LogP contribution in [0, 0.1) is 0 Å². The fourth-order valence-corrected chi connectivity index (χ4v) is 2.98. The molecule has 0 saturated carbocycles. The SMILES string of the molecule is CCCCNC(=O)c1cccc(C(=O)N2CCc3ccccc32)c1. The summed E-state index contributed by atoms with van der Waals surface area (Å²) in [6, 6.07) is 14.9. The van der Waals surface area contributed by atoms with Crippen LogP contribution in [0.3, 0.4) is 0 Å². The Labute approximate surface area is 142 Å². The van der Waals surface area contributed by atoms with E-state index in [0.717, 1.165) is 24.9 Å². The molecule has 0 aromatic heterocycles. The summed E-state index contributed by atoms with van der Waals surface area (Å²) in [5, 5.41) is 2.89. The Morgan fingerprint density at radius 3 is 2.71 bits per heavy atom. The lowest BCUT2D eigenvalue weighted by molar-refractivity contribution is 0.0953. The van der Waals surface area contributed by atoms with Gasteiger partial charge < -0.3 is 10.2 Å². The number of carbonyl (C=O) groups excluding carboxylic acids is 2. The van der Waals surface area contributed by atoms with Crippen molar-refractivity contribution in [2.75, 3.05) is 18.0 Å². The highest BCUT2D eigenvalue weighted by Gasteiger charge is 2.25. The topological polar surface area (TPSA) is 49.4 Å². The Kier molecular flexibility index (Phi) is 4.94. The molecule has 0 bridgehead atoms. The van der Waals surface area contributed by atoms with Gasteiger partial charge in [0, 0.05) is 29.9 Å². The van der Waals surface area contributed by atoms with E-state index < -0.39 is 0 Å².